The Hall–Kier alpha value is 0.324. The first-order chi connectivity index (χ1) is 4.86. The Morgan fingerprint density at radius 2 is 2.18 bits per heavy atom. The van der Waals surface area contributed by atoms with Gasteiger partial charge in [0.15, 0.2) is 0 Å². The minimum atomic E-state index is 0. The van der Waals surface area contributed by atoms with Gasteiger partial charge in [-0.25, -0.2) is 0 Å². The van der Waals surface area contributed by atoms with E-state index < -0.39 is 0 Å². The molecular formula is C10H13Y-. The SMILES string of the molecule is C=CC1=[C-]/C(=C/C)CCC1.[Y]. The van der Waals surface area contributed by atoms with Crippen LogP contribution < -0.4 is 0 Å². The van der Waals surface area contributed by atoms with Gasteiger partial charge in [-0.1, -0.05) is 19.8 Å². The van der Waals surface area contributed by atoms with Gasteiger partial charge in [0, 0.05) is 32.7 Å². The molecule has 0 saturated heterocycles. The van der Waals surface area contributed by atoms with E-state index in [4.69, 9.17) is 0 Å². The molecule has 0 amide bonds. The molecule has 0 aromatic heterocycles. The van der Waals surface area contributed by atoms with Crippen LogP contribution in [0.25, 0.3) is 0 Å². The van der Waals surface area contributed by atoms with Crippen molar-refractivity contribution in [3.8, 4) is 0 Å². The molecule has 0 atom stereocenters. The molecule has 1 rings (SSSR count). The number of hydrogen-bond donors (Lipinski definition) is 0. The molecule has 0 unspecified atom stereocenters. The fourth-order valence-electron chi connectivity index (χ4n) is 1.17. The first-order valence-electron chi connectivity index (χ1n) is 3.77. The summed E-state index contributed by atoms with van der Waals surface area (Å²) in [7, 11) is 0. The van der Waals surface area contributed by atoms with Gasteiger partial charge in [-0.05, 0) is 6.42 Å². The Labute approximate surface area is 94.3 Å². The maximum absolute atomic E-state index is 3.73. The third-order valence-corrected chi connectivity index (χ3v) is 1.81. The quantitative estimate of drug-likeness (QED) is 0.598. The fraction of sp³-hybridized carbons (Fsp3) is 0.400. The van der Waals surface area contributed by atoms with E-state index >= 15 is 0 Å². The molecule has 0 fully saturated rings. The van der Waals surface area contributed by atoms with Crippen molar-refractivity contribution >= 4 is 0 Å². The van der Waals surface area contributed by atoms with Crippen LogP contribution in [0, 0.1) is 6.08 Å². The molecule has 1 aliphatic rings. The van der Waals surface area contributed by atoms with E-state index in [0.29, 0.717) is 0 Å². The van der Waals surface area contributed by atoms with Gasteiger partial charge in [-0.15, -0.1) is 0 Å². The summed E-state index contributed by atoms with van der Waals surface area (Å²) in [6.45, 7) is 5.79. The average molecular weight is 222 g/mol. The number of hydrogen-bond acceptors (Lipinski definition) is 0. The van der Waals surface area contributed by atoms with Gasteiger partial charge in [0.1, 0.15) is 0 Å². The van der Waals surface area contributed by atoms with Gasteiger partial charge in [-0.3, -0.25) is 0 Å². The van der Waals surface area contributed by atoms with Gasteiger partial charge >= 0.3 is 0 Å². The molecule has 0 aromatic rings. The molecule has 0 heterocycles. The molecule has 0 nitrogen and oxygen atoms in total. The van der Waals surface area contributed by atoms with Crippen molar-refractivity contribution in [1.82, 2.24) is 0 Å². The molecule has 0 aromatic carbocycles. The van der Waals surface area contributed by atoms with E-state index in [1.165, 1.54) is 24.0 Å². The van der Waals surface area contributed by atoms with Crippen LogP contribution in [0.4, 0.5) is 0 Å². The maximum Gasteiger partial charge on any atom is 0 e. The summed E-state index contributed by atoms with van der Waals surface area (Å²) in [5.41, 5.74) is 2.60. The topological polar surface area (TPSA) is 0 Å². The van der Waals surface area contributed by atoms with E-state index in [0.717, 1.165) is 6.42 Å². The van der Waals surface area contributed by atoms with E-state index in [2.05, 4.69) is 25.7 Å². The van der Waals surface area contributed by atoms with Crippen molar-refractivity contribution in [2.75, 3.05) is 0 Å². The van der Waals surface area contributed by atoms with Gasteiger partial charge < -0.3 is 0 Å². The third-order valence-electron chi connectivity index (χ3n) is 1.81. The monoisotopic (exact) mass is 222 g/mol. The largest absolute Gasteiger partial charge is 0.180 e. The van der Waals surface area contributed by atoms with Crippen LogP contribution in [0.2, 0.25) is 0 Å². The first kappa shape index (κ1) is 11.3. The summed E-state index contributed by atoms with van der Waals surface area (Å²) in [4.78, 5) is 0. The average Bonchev–Trinajstić information content (AvgIpc) is 2.05. The van der Waals surface area contributed by atoms with Gasteiger partial charge in [0.2, 0.25) is 0 Å². The molecule has 1 radical (unpaired) electrons. The molecule has 0 spiro atoms. The zero-order valence-corrected chi connectivity index (χ0v) is 9.90. The summed E-state index contributed by atoms with van der Waals surface area (Å²) in [6, 6.07) is 0. The molecule has 0 bridgehead atoms. The molecule has 0 aliphatic heterocycles. The molecular weight excluding hydrogens is 209 g/mol. The number of allylic oxidation sites excluding steroid dienone is 5. The van der Waals surface area contributed by atoms with E-state index in [1.54, 1.807) is 0 Å². The second kappa shape index (κ2) is 5.91. The summed E-state index contributed by atoms with van der Waals surface area (Å²) in [5.74, 6) is 0. The summed E-state index contributed by atoms with van der Waals surface area (Å²) in [6.07, 6.45) is 10.9. The summed E-state index contributed by atoms with van der Waals surface area (Å²) < 4.78 is 0. The molecule has 57 valence electrons. The Morgan fingerprint density at radius 1 is 1.45 bits per heavy atom. The molecule has 0 N–H and O–H groups in total. The van der Waals surface area contributed by atoms with E-state index in [9.17, 15) is 0 Å². The minimum absolute atomic E-state index is 0. The van der Waals surface area contributed by atoms with Crippen LogP contribution in [0.5, 0.6) is 0 Å². The standard InChI is InChI=1S/C10H13.Y/c1-3-9-6-5-7-10(4-2)8-9;/h3-4H,1,5-7H2,2H3;/q-1;/b10-4+;. The van der Waals surface area contributed by atoms with Crippen molar-refractivity contribution in [3.05, 3.63) is 36.0 Å². The molecule has 0 saturated carbocycles. The predicted molar refractivity (Wildman–Crippen MR) is 44.6 cm³/mol. The summed E-state index contributed by atoms with van der Waals surface area (Å²) >= 11 is 0. The van der Waals surface area contributed by atoms with Crippen LogP contribution in [-0.4, -0.2) is 0 Å². The second-order valence-electron chi connectivity index (χ2n) is 2.52. The third kappa shape index (κ3) is 3.49. The van der Waals surface area contributed by atoms with Crippen molar-refractivity contribution in [1.29, 1.82) is 0 Å². The van der Waals surface area contributed by atoms with E-state index in [-0.39, 0.29) is 32.7 Å². The van der Waals surface area contributed by atoms with Crippen LogP contribution >= 0.6 is 0 Å². The fourth-order valence-corrected chi connectivity index (χ4v) is 1.17. The minimum Gasteiger partial charge on any atom is -0.180 e. The zero-order chi connectivity index (χ0) is 7.40. The zero-order valence-electron chi connectivity index (χ0n) is 7.06. The normalized spacial score (nSPS) is 20.5. The maximum atomic E-state index is 3.73. The Bertz CT molecular complexity index is 187. The smallest absolute Gasteiger partial charge is 0 e. The van der Waals surface area contributed by atoms with E-state index in [1.807, 2.05) is 6.08 Å². The molecule has 1 heteroatoms. The Morgan fingerprint density at radius 3 is 2.73 bits per heavy atom. The predicted octanol–water partition coefficient (Wildman–Crippen LogP) is 3.03. The van der Waals surface area contributed by atoms with Crippen molar-refractivity contribution in [3.63, 3.8) is 0 Å². The van der Waals surface area contributed by atoms with Crippen molar-refractivity contribution in [2.24, 2.45) is 0 Å². The van der Waals surface area contributed by atoms with Crippen LogP contribution in [0.15, 0.2) is 29.9 Å². The van der Waals surface area contributed by atoms with Crippen LogP contribution in [0.1, 0.15) is 26.2 Å². The van der Waals surface area contributed by atoms with Gasteiger partial charge in [0.25, 0.3) is 0 Å². The molecule has 1 aliphatic carbocycles. The Balaban J connectivity index is 0.000001000. The van der Waals surface area contributed by atoms with Crippen molar-refractivity contribution in [2.45, 2.75) is 26.2 Å². The Kier molecular flexibility index (Phi) is 6.08. The molecule has 11 heavy (non-hydrogen) atoms. The van der Waals surface area contributed by atoms with Crippen LogP contribution in [0.3, 0.4) is 0 Å². The second-order valence-corrected chi connectivity index (χ2v) is 2.52. The first-order valence-corrected chi connectivity index (χ1v) is 3.77. The van der Waals surface area contributed by atoms with Gasteiger partial charge in [0.05, 0.1) is 0 Å². The van der Waals surface area contributed by atoms with Crippen LogP contribution in [-0.2, 0) is 32.7 Å². The van der Waals surface area contributed by atoms with Crippen molar-refractivity contribution < 1.29 is 32.7 Å². The number of rotatable bonds is 1. The summed E-state index contributed by atoms with van der Waals surface area (Å²) in [5, 5.41) is 0. The van der Waals surface area contributed by atoms with Gasteiger partial charge in [-0.2, -0.15) is 36.0 Å².